The van der Waals surface area contributed by atoms with E-state index in [1.54, 1.807) is 61.5 Å². The van der Waals surface area contributed by atoms with Crippen molar-refractivity contribution in [3.8, 4) is 0 Å². The topological polar surface area (TPSA) is 86.8 Å². The van der Waals surface area contributed by atoms with E-state index in [9.17, 15) is 22.4 Å². The number of nitrogens with one attached hydrogen (secondary N) is 1. The van der Waals surface area contributed by atoms with Crippen LogP contribution in [0, 0.1) is 19.7 Å². The van der Waals surface area contributed by atoms with E-state index in [4.69, 9.17) is 0 Å². The van der Waals surface area contributed by atoms with Gasteiger partial charge in [-0.05, 0) is 68.7 Å². The number of carbonyl (C=O) groups is 2. The van der Waals surface area contributed by atoms with Crippen molar-refractivity contribution < 1.29 is 22.4 Å². The number of nitrogens with zero attached hydrogens (tertiary/aromatic N) is 2. The van der Waals surface area contributed by atoms with Crippen LogP contribution in [0.3, 0.4) is 0 Å². The smallest absolute Gasteiger partial charge is 0.264 e. The highest BCUT2D eigenvalue weighted by Gasteiger charge is 2.32. The van der Waals surface area contributed by atoms with Crippen LogP contribution < -0.4 is 9.62 Å². The predicted molar refractivity (Wildman–Crippen MR) is 151 cm³/mol. The monoisotopic (exact) mass is 553 g/mol. The van der Waals surface area contributed by atoms with Gasteiger partial charge in [0.25, 0.3) is 10.0 Å². The number of aryl methyl sites for hydroxylation is 2. The van der Waals surface area contributed by atoms with Gasteiger partial charge in [0, 0.05) is 18.7 Å². The molecule has 7 nitrogen and oxygen atoms in total. The van der Waals surface area contributed by atoms with Gasteiger partial charge in [-0.3, -0.25) is 13.9 Å². The third-order valence-electron chi connectivity index (χ3n) is 6.68. The number of hydrogen-bond acceptors (Lipinski definition) is 4. The number of sulfonamides is 1. The lowest BCUT2D eigenvalue weighted by Crippen LogP contribution is -2.51. The summed E-state index contributed by atoms with van der Waals surface area (Å²) in [4.78, 5) is 28.1. The minimum absolute atomic E-state index is 0.0297. The Labute approximate surface area is 230 Å². The van der Waals surface area contributed by atoms with Crippen LogP contribution in [0.2, 0.25) is 0 Å². The van der Waals surface area contributed by atoms with Crippen LogP contribution in [0.25, 0.3) is 0 Å². The second-order valence-corrected chi connectivity index (χ2v) is 11.4. The molecular formula is C30H36FN3O4S. The fourth-order valence-corrected chi connectivity index (χ4v) is 5.49. The lowest BCUT2D eigenvalue weighted by molar-refractivity contribution is -0.139. The SMILES string of the molecule is CCCCNC(=O)C(C)N(Cc1ccccc1F)C(=O)CN(c1ccc(C)c(C)c1)S(=O)(=O)c1ccccc1. The maximum absolute atomic E-state index is 14.6. The summed E-state index contributed by atoms with van der Waals surface area (Å²) in [5, 5.41) is 2.82. The van der Waals surface area contributed by atoms with Gasteiger partial charge in [0.2, 0.25) is 11.8 Å². The summed E-state index contributed by atoms with van der Waals surface area (Å²) in [6.45, 7) is 7.01. The largest absolute Gasteiger partial charge is 0.354 e. The fraction of sp³-hybridized carbons (Fsp3) is 0.333. The van der Waals surface area contributed by atoms with Crippen molar-refractivity contribution in [2.75, 3.05) is 17.4 Å². The molecule has 0 aliphatic heterocycles. The molecule has 9 heteroatoms. The van der Waals surface area contributed by atoms with Gasteiger partial charge in [-0.1, -0.05) is 55.8 Å². The van der Waals surface area contributed by atoms with Crippen LogP contribution in [0.4, 0.5) is 10.1 Å². The number of rotatable bonds is 12. The van der Waals surface area contributed by atoms with Gasteiger partial charge in [-0.2, -0.15) is 0 Å². The van der Waals surface area contributed by atoms with E-state index in [2.05, 4.69) is 5.32 Å². The van der Waals surface area contributed by atoms with E-state index >= 15 is 0 Å². The predicted octanol–water partition coefficient (Wildman–Crippen LogP) is 4.97. The van der Waals surface area contributed by atoms with Crippen molar-refractivity contribution in [1.82, 2.24) is 10.2 Å². The third-order valence-corrected chi connectivity index (χ3v) is 8.47. The average molecular weight is 554 g/mol. The molecule has 0 aliphatic rings. The minimum atomic E-state index is -4.15. The molecule has 0 spiro atoms. The van der Waals surface area contributed by atoms with Crippen LogP contribution in [0.1, 0.15) is 43.4 Å². The zero-order chi connectivity index (χ0) is 28.6. The fourth-order valence-electron chi connectivity index (χ4n) is 4.06. The number of anilines is 1. The maximum Gasteiger partial charge on any atom is 0.264 e. The third kappa shape index (κ3) is 7.44. The zero-order valence-corrected chi connectivity index (χ0v) is 23.7. The van der Waals surface area contributed by atoms with Crippen molar-refractivity contribution in [3.63, 3.8) is 0 Å². The van der Waals surface area contributed by atoms with Gasteiger partial charge in [0.15, 0.2) is 0 Å². The first-order chi connectivity index (χ1) is 18.6. The Kier molecular flexibility index (Phi) is 10.2. The summed E-state index contributed by atoms with van der Waals surface area (Å²) >= 11 is 0. The molecule has 0 saturated carbocycles. The van der Waals surface area contributed by atoms with Crippen molar-refractivity contribution in [2.45, 2.75) is 58.0 Å². The second-order valence-electron chi connectivity index (χ2n) is 9.53. The molecule has 1 unspecified atom stereocenters. The molecule has 2 amide bonds. The Hall–Kier alpha value is -3.72. The van der Waals surface area contributed by atoms with Gasteiger partial charge in [-0.15, -0.1) is 0 Å². The Morgan fingerprint density at radius 1 is 0.949 bits per heavy atom. The molecule has 1 N–H and O–H groups in total. The number of carbonyl (C=O) groups excluding carboxylic acids is 2. The number of unbranched alkanes of at least 4 members (excludes halogenated alkanes) is 1. The Morgan fingerprint density at radius 3 is 2.26 bits per heavy atom. The Bertz CT molecular complexity index is 1400. The van der Waals surface area contributed by atoms with Gasteiger partial charge >= 0.3 is 0 Å². The minimum Gasteiger partial charge on any atom is -0.354 e. The summed E-state index contributed by atoms with van der Waals surface area (Å²) in [5.74, 6) is -1.54. The molecule has 0 saturated heterocycles. The van der Waals surface area contributed by atoms with E-state index < -0.39 is 40.2 Å². The first-order valence-electron chi connectivity index (χ1n) is 13.0. The van der Waals surface area contributed by atoms with E-state index in [1.165, 1.54) is 23.1 Å². The van der Waals surface area contributed by atoms with Gasteiger partial charge in [0.1, 0.15) is 18.4 Å². The van der Waals surface area contributed by atoms with Crippen LogP contribution in [0.5, 0.6) is 0 Å². The summed E-state index contributed by atoms with van der Waals surface area (Å²) < 4.78 is 43.2. The normalized spacial score (nSPS) is 12.0. The van der Waals surface area contributed by atoms with Crippen molar-refractivity contribution in [3.05, 3.63) is 95.3 Å². The van der Waals surface area contributed by atoms with E-state index in [1.807, 2.05) is 20.8 Å². The van der Waals surface area contributed by atoms with Crippen molar-refractivity contribution in [2.24, 2.45) is 0 Å². The standard InChI is InChI=1S/C30H36FN3O4S/c1-5-6-18-32-30(36)24(4)33(20-25-12-10-11-15-28(25)31)29(35)21-34(26-17-16-22(2)23(3)19-26)39(37,38)27-13-8-7-9-14-27/h7-17,19,24H,5-6,18,20-21H2,1-4H3,(H,32,36). The maximum atomic E-state index is 14.6. The molecule has 0 heterocycles. The molecule has 0 aliphatic carbocycles. The summed E-state index contributed by atoms with van der Waals surface area (Å²) in [6.07, 6.45) is 1.66. The highest BCUT2D eigenvalue weighted by molar-refractivity contribution is 7.92. The molecule has 3 rings (SSSR count). The molecule has 0 bridgehead atoms. The molecule has 1 atom stereocenters. The molecular weight excluding hydrogens is 517 g/mol. The molecule has 0 radical (unpaired) electrons. The molecule has 3 aromatic rings. The van der Waals surface area contributed by atoms with Crippen LogP contribution in [-0.2, 0) is 26.2 Å². The molecule has 0 fully saturated rings. The van der Waals surface area contributed by atoms with Crippen molar-refractivity contribution in [1.29, 1.82) is 0 Å². The molecule has 0 aromatic heterocycles. The zero-order valence-electron chi connectivity index (χ0n) is 22.9. The molecule has 208 valence electrons. The van der Waals surface area contributed by atoms with E-state index in [0.29, 0.717) is 12.2 Å². The van der Waals surface area contributed by atoms with E-state index in [0.717, 1.165) is 28.3 Å². The average Bonchev–Trinajstić information content (AvgIpc) is 2.92. The van der Waals surface area contributed by atoms with Gasteiger partial charge in [0.05, 0.1) is 10.6 Å². The Balaban J connectivity index is 2.02. The first kappa shape index (κ1) is 29.8. The highest BCUT2D eigenvalue weighted by Crippen LogP contribution is 2.26. The number of amides is 2. The summed E-state index contributed by atoms with van der Waals surface area (Å²) in [7, 11) is -4.15. The van der Waals surface area contributed by atoms with Crippen LogP contribution in [0.15, 0.2) is 77.7 Å². The van der Waals surface area contributed by atoms with Gasteiger partial charge < -0.3 is 10.2 Å². The lowest BCUT2D eigenvalue weighted by atomic mass is 10.1. The number of hydrogen-bond donors (Lipinski definition) is 1. The van der Waals surface area contributed by atoms with Crippen molar-refractivity contribution >= 4 is 27.5 Å². The highest BCUT2D eigenvalue weighted by atomic mass is 32.2. The van der Waals surface area contributed by atoms with Crippen LogP contribution >= 0.6 is 0 Å². The van der Waals surface area contributed by atoms with Gasteiger partial charge in [-0.25, -0.2) is 12.8 Å². The Morgan fingerprint density at radius 2 is 1.62 bits per heavy atom. The summed E-state index contributed by atoms with van der Waals surface area (Å²) in [5.41, 5.74) is 2.38. The first-order valence-corrected chi connectivity index (χ1v) is 14.5. The molecule has 3 aromatic carbocycles. The quantitative estimate of drug-likeness (QED) is 0.321. The van der Waals surface area contributed by atoms with Crippen LogP contribution in [-0.4, -0.2) is 44.3 Å². The number of halogens is 1. The lowest BCUT2D eigenvalue weighted by Gasteiger charge is -2.32. The molecule has 39 heavy (non-hydrogen) atoms. The second kappa shape index (κ2) is 13.4. The number of benzene rings is 3. The van der Waals surface area contributed by atoms with E-state index in [-0.39, 0.29) is 17.0 Å². The summed E-state index contributed by atoms with van der Waals surface area (Å²) in [6, 6.07) is 18.1.